The van der Waals surface area contributed by atoms with Gasteiger partial charge in [0.25, 0.3) is 10.0 Å². The van der Waals surface area contributed by atoms with Crippen molar-refractivity contribution in [2.45, 2.75) is 11.8 Å². The molecular formula is C13H11Cl2FN2O2S. The van der Waals surface area contributed by atoms with Gasteiger partial charge in [-0.15, -0.1) is 0 Å². The van der Waals surface area contributed by atoms with Crippen LogP contribution in [0.1, 0.15) is 5.56 Å². The minimum Gasteiger partial charge on any atom is -0.398 e. The van der Waals surface area contributed by atoms with E-state index in [1.54, 1.807) is 6.92 Å². The van der Waals surface area contributed by atoms with Crippen molar-refractivity contribution in [3.8, 4) is 0 Å². The molecule has 2 aromatic rings. The maximum Gasteiger partial charge on any atom is 0.263 e. The Labute approximate surface area is 131 Å². The molecule has 0 saturated carbocycles. The van der Waals surface area contributed by atoms with Crippen molar-refractivity contribution in [2.75, 3.05) is 10.5 Å². The van der Waals surface area contributed by atoms with E-state index >= 15 is 0 Å². The van der Waals surface area contributed by atoms with Crippen molar-refractivity contribution in [1.82, 2.24) is 0 Å². The van der Waals surface area contributed by atoms with Gasteiger partial charge in [-0.2, -0.15) is 0 Å². The normalized spacial score (nSPS) is 11.4. The van der Waals surface area contributed by atoms with Crippen molar-refractivity contribution >= 4 is 44.6 Å². The summed E-state index contributed by atoms with van der Waals surface area (Å²) < 4.78 is 40.3. The fourth-order valence-corrected chi connectivity index (χ4v) is 3.49. The molecule has 3 N–H and O–H groups in total. The zero-order chi connectivity index (χ0) is 15.8. The summed E-state index contributed by atoms with van der Waals surface area (Å²) >= 11 is 11.5. The summed E-state index contributed by atoms with van der Waals surface area (Å²) in [5.41, 5.74) is 6.38. The van der Waals surface area contributed by atoms with Gasteiger partial charge >= 0.3 is 0 Å². The molecule has 0 fully saturated rings. The zero-order valence-electron chi connectivity index (χ0n) is 10.8. The van der Waals surface area contributed by atoms with Crippen LogP contribution in [0.2, 0.25) is 10.0 Å². The van der Waals surface area contributed by atoms with E-state index in [1.165, 1.54) is 24.3 Å². The Morgan fingerprint density at radius 3 is 2.48 bits per heavy atom. The van der Waals surface area contributed by atoms with E-state index < -0.39 is 15.8 Å². The number of nitrogens with two attached hydrogens (primary N) is 1. The third-order valence-corrected chi connectivity index (χ3v) is 4.85. The third kappa shape index (κ3) is 3.40. The molecule has 4 nitrogen and oxygen atoms in total. The van der Waals surface area contributed by atoms with Gasteiger partial charge in [0.15, 0.2) is 0 Å². The van der Waals surface area contributed by atoms with Crippen LogP contribution in [0.25, 0.3) is 0 Å². The summed E-state index contributed by atoms with van der Waals surface area (Å²) in [4.78, 5) is -0.221. The first-order valence-electron chi connectivity index (χ1n) is 5.74. The van der Waals surface area contributed by atoms with Crippen molar-refractivity contribution in [3.05, 3.63) is 51.8 Å². The molecular weight excluding hydrogens is 338 g/mol. The Hall–Kier alpha value is -1.50. The second kappa shape index (κ2) is 5.71. The van der Waals surface area contributed by atoms with Gasteiger partial charge in [-0.05, 0) is 42.8 Å². The Morgan fingerprint density at radius 2 is 1.86 bits per heavy atom. The number of nitrogen functional groups attached to an aromatic ring is 1. The summed E-state index contributed by atoms with van der Waals surface area (Å²) in [7, 11) is -4.06. The Bertz CT molecular complexity index is 810. The highest BCUT2D eigenvalue weighted by Gasteiger charge is 2.21. The van der Waals surface area contributed by atoms with E-state index in [2.05, 4.69) is 4.72 Å². The van der Waals surface area contributed by atoms with Crippen LogP contribution < -0.4 is 10.5 Å². The summed E-state index contributed by atoms with van der Waals surface area (Å²) in [6.07, 6.45) is 0. The van der Waals surface area contributed by atoms with Crippen molar-refractivity contribution < 1.29 is 12.8 Å². The van der Waals surface area contributed by atoms with Crippen molar-refractivity contribution in [2.24, 2.45) is 0 Å². The summed E-state index contributed by atoms with van der Waals surface area (Å²) in [6.45, 7) is 1.70. The molecule has 2 rings (SSSR count). The molecule has 2 aromatic carbocycles. The van der Waals surface area contributed by atoms with Crippen molar-refractivity contribution in [1.29, 1.82) is 0 Å². The van der Waals surface area contributed by atoms with E-state index in [9.17, 15) is 12.8 Å². The van der Waals surface area contributed by atoms with E-state index in [0.717, 1.165) is 6.07 Å². The first kappa shape index (κ1) is 15.9. The number of benzene rings is 2. The second-order valence-corrected chi connectivity index (χ2v) is 6.86. The predicted molar refractivity (Wildman–Crippen MR) is 82.8 cm³/mol. The molecule has 0 aliphatic carbocycles. The number of halogens is 3. The molecule has 0 amide bonds. The Balaban J connectivity index is 2.46. The molecule has 0 saturated heterocycles. The minimum atomic E-state index is -4.06. The number of nitrogens with one attached hydrogen (secondary N) is 1. The first-order chi connectivity index (χ1) is 9.70. The monoisotopic (exact) mass is 348 g/mol. The highest BCUT2D eigenvalue weighted by atomic mass is 35.5. The van der Waals surface area contributed by atoms with Crippen LogP contribution in [0.3, 0.4) is 0 Å². The maximum absolute atomic E-state index is 13.7. The molecule has 0 heterocycles. The second-order valence-electron chi connectivity index (χ2n) is 4.37. The molecule has 0 aromatic heterocycles. The maximum atomic E-state index is 13.7. The van der Waals surface area contributed by atoms with Crippen LogP contribution in [-0.2, 0) is 10.0 Å². The van der Waals surface area contributed by atoms with Gasteiger partial charge in [-0.3, -0.25) is 4.72 Å². The fourth-order valence-electron chi connectivity index (χ4n) is 1.65. The molecule has 0 spiro atoms. The average molecular weight is 349 g/mol. The first-order valence-corrected chi connectivity index (χ1v) is 7.98. The Kier molecular flexibility index (Phi) is 4.32. The largest absolute Gasteiger partial charge is 0.398 e. The van der Waals surface area contributed by atoms with Crippen LogP contribution in [0.4, 0.5) is 15.8 Å². The Morgan fingerprint density at radius 1 is 1.19 bits per heavy atom. The van der Waals surface area contributed by atoms with Gasteiger partial charge in [-0.1, -0.05) is 23.2 Å². The highest BCUT2D eigenvalue weighted by Crippen LogP contribution is 2.29. The summed E-state index contributed by atoms with van der Waals surface area (Å²) in [5.74, 6) is -0.790. The topological polar surface area (TPSA) is 72.2 Å². The molecule has 0 atom stereocenters. The molecule has 8 heteroatoms. The SMILES string of the molecule is Cc1cc(Cl)c(S(=O)(=O)Nc2ccc(Cl)cc2F)cc1N. The predicted octanol–water partition coefficient (Wildman–Crippen LogP) is 3.82. The number of aryl methyl sites for hydroxylation is 1. The van der Waals surface area contributed by atoms with Gasteiger partial charge in [0.05, 0.1) is 10.7 Å². The van der Waals surface area contributed by atoms with E-state index in [-0.39, 0.29) is 26.3 Å². The lowest BCUT2D eigenvalue weighted by Gasteiger charge is -2.12. The lowest BCUT2D eigenvalue weighted by molar-refractivity contribution is 0.598. The lowest BCUT2D eigenvalue weighted by Crippen LogP contribution is -2.15. The lowest BCUT2D eigenvalue weighted by atomic mass is 10.2. The number of sulfonamides is 1. The molecule has 112 valence electrons. The smallest absolute Gasteiger partial charge is 0.263 e. The van der Waals surface area contributed by atoms with E-state index in [1.807, 2.05) is 0 Å². The van der Waals surface area contributed by atoms with Crippen LogP contribution in [0.5, 0.6) is 0 Å². The molecule has 0 radical (unpaired) electrons. The van der Waals surface area contributed by atoms with Crippen molar-refractivity contribution in [3.63, 3.8) is 0 Å². The number of anilines is 2. The van der Waals surface area contributed by atoms with E-state index in [4.69, 9.17) is 28.9 Å². The molecule has 21 heavy (non-hydrogen) atoms. The third-order valence-electron chi connectivity index (χ3n) is 2.79. The van der Waals surface area contributed by atoms with Gasteiger partial charge in [0.1, 0.15) is 10.7 Å². The summed E-state index contributed by atoms with van der Waals surface area (Å²) in [5, 5.41) is 0.164. The van der Waals surface area contributed by atoms with Crippen LogP contribution in [0.15, 0.2) is 35.2 Å². The minimum absolute atomic E-state index is 0.00331. The molecule has 0 unspecified atom stereocenters. The average Bonchev–Trinajstić information content (AvgIpc) is 2.37. The standard InChI is InChI=1S/C13H11Cl2FN2O2S/c1-7-4-9(15)13(6-11(7)17)21(19,20)18-12-3-2-8(14)5-10(12)16/h2-6,18H,17H2,1H3. The van der Waals surface area contributed by atoms with Crippen LogP contribution in [-0.4, -0.2) is 8.42 Å². The number of rotatable bonds is 3. The quantitative estimate of drug-likeness (QED) is 0.828. The number of hydrogen-bond donors (Lipinski definition) is 2. The highest BCUT2D eigenvalue weighted by molar-refractivity contribution is 7.92. The molecule has 0 bridgehead atoms. The molecule has 0 aliphatic rings. The van der Waals surface area contributed by atoms with Gasteiger partial charge in [0, 0.05) is 10.7 Å². The van der Waals surface area contributed by atoms with Gasteiger partial charge in [-0.25, -0.2) is 12.8 Å². The van der Waals surface area contributed by atoms with Crippen LogP contribution >= 0.6 is 23.2 Å². The fraction of sp³-hybridized carbons (Fsp3) is 0.0769. The number of hydrogen-bond acceptors (Lipinski definition) is 3. The zero-order valence-corrected chi connectivity index (χ0v) is 13.2. The molecule has 0 aliphatic heterocycles. The van der Waals surface area contributed by atoms with E-state index in [0.29, 0.717) is 5.56 Å². The van der Waals surface area contributed by atoms with Gasteiger partial charge < -0.3 is 5.73 Å². The summed E-state index contributed by atoms with van der Waals surface area (Å²) in [6, 6.07) is 6.26. The van der Waals surface area contributed by atoms with Gasteiger partial charge in [0.2, 0.25) is 0 Å². The van der Waals surface area contributed by atoms with Crippen LogP contribution in [0, 0.1) is 12.7 Å².